The minimum absolute atomic E-state index is 0.105. The van der Waals surface area contributed by atoms with E-state index in [4.69, 9.17) is 9.47 Å². The summed E-state index contributed by atoms with van der Waals surface area (Å²) in [7, 11) is 0. The standard InChI is InChI=1S/C69H104O5/c1-3-5-7-9-11-13-15-17-19-21-23-25-26-27-28-29-30-31-32-33-34-35-36-37-38-39-40-41-42-44-46-48-50-52-54-56-58-60-62-64-69(72)74-67(65-70)66-73-68(71)63-61-59-57-55-53-51-49-47-45-43-24-22-20-18-16-14-12-10-8-6-4-2/h5-8,11-14,17-20,23-25,27-28,30-31,33-34,36-37,39-40,42-44,47,49,53,55,67,70H,3-4,9-10,15-16,21-22,26,29,32,35,38,41,45-46,48,50-52,54,56-66H2,1-2H3/b7-5-,8-6-,13-11-,14-12-,19-17-,20-18-,25-23-,28-27-,31-30-,34-33-,37-36-,40-39-,43-24-,44-42-,49-47-,55-53-. The van der Waals surface area contributed by atoms with E-state index in [0.29, 0.717) is 12.8 Å². The zero-order valence-corrected chi connectivity index (χ0v) is 46.8. The van der Waals surface area contributed by atoms with Crippen LogP contribution in [0.1, 0.15) is 206 Å². The molecule has 0 rings (SSSR count). The van der Waals surface area contributed by atoms with Crippen LogP contribution in [-0.2, 0) is 19.1 Å². The number of aliphatic hydroxyl groups is 1. The molecule has 0 aromatic rings. The molecule has 0 aliphatic heterocycles. The van der Waals surface area contributed by atoms with Crippen LogP contribution in [0.2, 0.25) is 0 Å². The zero-order valence-electron chi connectivity index (χ0n) is 46.8. The Balaban J connectivity index is 3.68. The lowest BCUT2D eigenvalue weighted by Crippen LogP contribution is -2.28. The first kappa shape index (κ1) is 68.7. The molecule has 0 aliphatic rings. The normalized spacial score (nSPS) is 13.7. The molecule has 1 atom stereocenters. The topological polar surface area (TPSA) is 72.8 Å². The van der Waals surface area contributed by atoms with Crippen LogP contribution >= 0.6 is 0 Å². The van der Waals surface area contributed by atoms with Crippen molar-refractivity contribution in [2.45, 2.75) is 213 Å². The number of aliphatic hydroxyl groups excluding tert-OH is 1. The first-order valence-electron chi connectivity index (χ1n) is 29.0. The van der Waals surface area contributed by atoms with Gasteiger partial charge in [0.2, 0.25) is 0 Å². The first-order valence-corrected chi connectivity index (χ1v) is 29.0. The number of hydrogen-bond acceptors (Lipinski definition) is 5. The fourth-order valence-corrected chi connectivity index (χ4v) is 7.11. The number of carbonyl (C=O) groups is 2. The Hall–Kier alpha value is -5.26. The van der Waals surface area contributed by atoms with Gasteiger partial charge in [0.15, 0.2) is 6.10 Å². The zero-order chi connectivity index (χ0) is 53.4. The predicted octanol–water partition coefficient (Wildman–Crippen LogP) is 20.1. The van der Waals surface area contributed by atoms with Crippen LogP contribution in [0.4, 0.5) is 0 Å². The maximum Gasteiger partial charge on any atom is 0.306 e. The number of carbonyl (C=O) groups excluding carboxylic acids is 2. The molecule has 5 heteroatoms. The average Bonchev–Trinajstić information content (AvgIpc) is 3.40. The highest BCUT2D eigenvalue weighted by molar-refractivity contribution is 5.70. The van der Waals surface area contributed by atoms with E-state index in [1.165, 1.54) is 32.1 Å². The third-order valence-electron chi connectivity index (χ3n) is 11.4. The van der Waals surface area contributed by atoms with Crippen molar-refractivity contribution in [3.63, 3.8) is 0 Å². The number of unbranched alkanes of at least 4 members (excludes halogenated alkanes) is 10. The van der Waals surface area contributed by atoms with Crippen LogP contribution in [0.5, 0.6) is 0 Å². The molecule has 0 radical (unpaired) electrons. The number of rotatable bonds is 50. The monoisotopic (exact) mass is 1010 g/mol. The summed E-state index contributed by atoms with van der Waals surface area (Å²) in [5.74, 6) is -0.668. The number of allylic oxidation sites excluding steroid dienone is 32. The van der Waals surface area contributed by atoms with Gasteiger partial charge in [-0.1, -0.05) is 247 Å². The fraction of sp³-hybridized carbons (Fsp3) is 0.507. The highest BCUT2D eigenvalue weighted by atomic mass is 16.6. The molecule has 74 heavy (non-hydrogen) atoms. The average molecular weight is 1010 g/mol. The van der Waals surface area contributed by atoms with Gasteiger partial charge in [0.1, 0.15) is 6.61 Å². The van der Waals surface area contributed by atoms with Crippen LogP contribution < -0.4 is 0 Å². The number of esters is 2. The van der Waals surface area contributed by atoms with Gasteiger partial charge >= 0.3 is 11.9 Å². The third kappa shape index (κ3) is 59.3. The van der Waals surface area contributed by atoms with Crippen molar-refractivity contribution in [2.24, 2.45) is 0 Å². The summed E-state index contributed by atoms with van der Waals surface area (Å²) < 4.78 is 10.7. The van der Waals surface area contributed by atoms with E-state index in [1.54, 1.807) is 0 Å². The minimum atomic E-state index is -0.811. The summed E-state index contributed by atoms with van der Waals surface area (Å²) in [4.78, 5) is 24.5. The second-order valence-corrected chi connectivity index (χ2v) is 18.2. The van der Waals surface area contributed by atoms with E-state index >= 15 is 0 Å². The second kappa shape index (κ2) is 62.0. The highest BCUT2D eigenvalue weighted by Crippen LogP contribution is 2.12. The third-order valence-corrected chi connectivity index (χ3v) is 11.4. The van der Waals surface area contributed by atoms with E-state index < -0.39 is 6.10 Å². The second-order valence-electron chi connectivity index (χ2n) is 18.2. The molecule has 0 heterocycles. The molecule has 0 aliphatic carbocycles. The molecule has 0 saturated carbocycles. The van der Waals surface area contributed by atoms with Crippen LogP contribution in [0.25, 0.3) is 0 Å². The molecule has 0 aromatic heterocycles. The largest absolute Gasteiger partial charge is 0.462 e. The lowest BCUT2D eigenvalue weighted by Gasteiger charge is -2.15. The molecule has 5 nitrogen and oxygen atoms in total. The molecule has 0 fully saturated rings. The van der Waals surface area contributed by atoms with Crippen molar-refractivity contribution in [2.75, 3.05) is 13.2 Å². The Bertz CT molecular complexity index is 1760. The van der Waals surface area contributed by atoms with E-state index in [2.05, 4.69) is 208 Å². The maximum absolute atomic E-state index is 12.3. The summed E-state index contributed by atoms with van der Waals surface area (Å²) in [5.41, 5.74) is 0. The predicted molar refractivity (Wildman–Crippen MR) is 324 cm³/mol. The van der Waals surface area contributed by atoms with E-state index in [1.807, 2.05) is 0 Å². The Morgan fingerprint density at radius 3 is 0.838 bits per heavy atom. The quantitative estimate of drug-likeness (QED) is 0.0373. The van der Waals surface area contributed by atoms with Crippen molar-refractivity contribution in [1.82, 2.24) is 0 Å². The van der Waals surface area contributed by atoms with Gasteiger partial charge in [-0.15, -0.1) is 0 Å². The van der Waals surface area contributed by atoms with Gasteiger partial charge in [-0.25, -0.2) is 0 Å². The molecule has 410 valence electrons. The molecule has 1 N–H and O–H groups in total. The number of ether oxygens (including phenoxy) is 2. The van der Waals surface area contributed by atoms with Gasteiger partial charge in [0.25, 0.3) is 0 Å². The minimum Gasteiger partial charge on any atom is -0.462 e. The Morgan fingerprint density at radius 1 is 0.311 bits per heavy atom. The van der Waals surface area contributed by atoms with Gasteiger partial charge < -0.3 is 14.6 Å². The fourth-order valence-electron chi connectivity index (χ4n) is 7.11. The number of hydrogen-bond donors (Lipinski definition) is 1. The molecular weight excluding hydrogens is 909 g/mol. The lowest BCUT2D eigenvalue weighted by atomic mass is 10.1. The van der Waals surface area contributed by atoms with E-state index in [-0.39, 0.29) is 25.2 Å². The van der Waals surface area contributed by atoms with Crippen molar-refractivity contribution in [3.8, 4) is 0 Å². The Kier molecular flexibility index (Phi) is 57.6. The summed E-state index contributed by atoms with van der Waals surface area (Å²) in [6.07, 6.45) is 99.7. The van der Waals surface area contributed by atoms with Gasteiger partial charge in [0.05, 0.1) is 6.61 Å². The van der Waals surface area contributed by atoms with Crippen molar-refractivity contribution in [1.29, 1.82) is 0 Å². The van der Waals surface area contributed by atoms with Crippen molar-refractivity contribution >= 4 is 11.9 Å². The lowest BCUT2D eigenvalue weighted by molar-refractivity contribution is -0.161. The molecular formula is C69H104O5. The maximum atomic E-state index is 12.3. The first-order chi connectivity index (χ1) is 36.6. The molecule has 0 spiro atoms. The van der Waals surface area contributed by atoms with E-state index in [0.717, 1.165) is 148 Å². The summed E-state index contributed by atoms with van der Waals surface area (Å²) in [6, 6.07) is 0. The molecule has 0 amide bonds. The smallest absolute Gasteiger partial charge is 0.306 e. The van der Waals surface area contributed by atoms with Crippen LogP contribution in [0, 0.1) is 0 Å². The van der Waals surface area contributed by atoms with Gasteiger partial charge in [0, 0.05) is 12.8 Å². The van der Waals surface area contributed by atoms with Crippen molar-refractivity contribution in [3.05, 3.63) is 194 Å². The molecule has 0 aromatic carbocycles. The molecule has 0 saturated heterocycles. The highest BCUT2D eigenvalue weighted by Gasteiger charge is 2.16. The Morgan fingerprint density at radius 2 is 0.541 bits per heavy atom. The Labute approximate surface area is 454 Å². The molecule has 1 unspecified atom stereocenters. The van der Waals surface area contributed by atoms with Gasteiger partial charge in [-0.05, 0) is 141 Å². The van der Waals surface area contributed by atoms with Crippen LogP contribution in [-0.4, -0.2) is 36.4 Å². The van der Waals surface area contributed by atoms with E-state index in [9.17, 15) is 14.7 Å². The van der Waals surface area contributed by atoms with Crippen LogP contribution in [0.15, 0.2) is 194 Å². The van der Waals surface area contributed by atoms with Gasteiger partial charge in [-0.2, -0.15) is 0 Å². The van der Waals surface area contributed by atoms with Crippen LogP contribution in [0.3, 0.4) is 0 Å². The SMILES string of the molecule is CC/C=C\C/C=C\C/C=C\C/C=C\C/C=C\C/C=C\C/C=C\C/C=C\C/C=C\C/C=C\CCCCCCCCCCC(=O)OC(CO)COC(=O)CCCC/C=C\C/C=C\C/C=C\C/C=C\C/C=C\C/C=C\CC. The summed E-state index contributed by atoms with van der Waals surface area (Å²) in [6.45, 7) is 3.85. The summed E-state index contributed by atoms with van der Waals surface area (Å²) in [5, 5.41) is 9.65. The van der Waals surface area contributed by atoms with Gasteiger partial charge in [-0.3, -0.25) is 9.59 Å². The molecule has 0 bridgehead atoms. The summed E-state index contributed by atoms with van der Waals surface area (Å²) >= 11 is 0. The van der Waals surface area contributed by atoms with Crippen molar-refractivity contribution < 1.29 is 24.2 Å².